The number of benzene rings is 1. The zero-order chi connectivity index (χ0) is 14.5. The molecule has 1 aromatic carbocycles. The number of carbonyl (C=O) groups excluding carboxylic acids is 1. The number of hydrogen-bond donors (Lipinski definition) is 2. The Morgan fingerprint density at radius 1 is 1.20 bits per heavy atom. The summed E-state index contributed by atoms with van der Waals surface area (Å²) in [6.45, 7) is 9.03. The summed E-state index contributed by atoms with van der Waals surface area (Å²) in [5.74, 6) is 0. The quantitative estimate of drug-likeness (QED) is 0.877. The number of nitrogens with zero attached hydrogens (tertiary/aromatic N) is 2. The molecule has 1 aliphatic rings. The Morgan fingerprint density at radius 3 is 2.50 bits per heavy atom. The summed E-state index contributed by atoms with van der Waals surface area (Å²) >= 11 is 0. The Balaban J connectivity index is 1.88. The number of piperazine rings is 1. The number of urea groups is 1. The van der Waals surface area contributed by atoms with Gasteiger partial charge >= 0.3 is 6.03 Å². The van der Waals surface area contributed by atoms with Crippen molar-refractivity contribution in [2.75, 3.05) is 44.6 Å². The van der Waals surface area contributed by atoms with Crippen molar-refractivity contribution in [3.05, 3.63) is 29.3 Å². The Kier molecular flexibility index (Phi) is 4.98. The van der Waals surface area contributed by atoms with Crippen LogP contribution in [0.25, 0.3) is 0 Å². The fourth-order valence-corrected chi connectivity index (χ4v) is 2.38. The van der Waals surface area contributed by atoms with Gasteiger partial charge in [0.05, 0.1) is 0 Å². The van der Waals surface area contributed by atoms with E-state index in [9.17, 15) is 4.79 Å². The molecule has 0 bridgehead atoms. The third-order valence-electron chi connectivity index (χ3n) is 3.86. The van der Waals surface area contributed by atoms with Crippen LogP contribution in [0.1, 0.15) is 11.1 Å². The number of carbonyl (C=O) groups is 1. The molecule has 0 spiro atoms. The standard InChI is InChI=1S/C15H24N4O/c1-12-3-4-14(11-13(12)2)17-15(20)19-9-7-18(6-5-16)8-10-19/h3-4,11H,5-10,16H2,1-2H3,(H,17,20). The Labute approximate surface area is 120 Å². The summed E-state index contributed by atoms with van der Waals surface area (Å²) in [6, 6.07) is 5.98. The summed E-state index contributed by atoms with van der Waals surface area (Å²) < 4.78 is 0. The molecule has 1 aromatic rings. The maximum Gasteiger partial charge on any atom is 0.321 e. The van der Waals surface area contributed by atoms with Gasteiger partial charge in [0, 0.05) is 45.0 Å². The van der Waals surface area contributed by atoms with Gasteiger partial charge in [-0.3, -0.25) is 4.90 Å². The molecule has 3 N–H and O–H groups in total. The predicted molar refractivity (Wildman–Crippen MR) is 82.0 cm³/mol. The third-order valence-corrected chi connectivity index (χ3v) is 3.86. The molecule has 1 aliphatic heterocycles. The Bertz CT molecular complexity index is 467. The van der Waals surface area contributed by atoms with E-state index < -0.39 is 0 Å². The third kappa shape index (κ3) is 3.71. The minimum Gasteiger partial charge on any atom is -0.329 e. The summed E-state index contributed by atoms with van der Waals surface area (Å²) in [5, 5.41) is 2.97. The Hall–Kier alpha value is -1.59. The minimum atomic E-state index is -0.0133. The summed E-state index contributed by atoms with van der Waals surface area (Å²) in [7, 11) is 0. The van der Waals surface area contributed by atoms with Crippen LogP contribution in [0.4, 0.5) is 10.5 Å². The maximum atomic E-state index is 12.2. The van der Waals surface area contributed by atoms with E-state index in [-0.39, 0.29) is 6.03 Å². The molecule has 0 atom stereocenters. The van der Waals surface area contributed by atoms with Crippen molar-refractivity contribution in [2.45, 2.75) is 13.8 Å². The van der Waals surface area contributed by atoms with Crippen molar-refractivity contribution >= 4 is 11.7 Å². The first-order valence-electron chi connectivity index (χ1n) is 7.16. The van der Waals surface area contributed by atoms with Crippen LogP contribution in [-0.2, 0) is 0 Å². The largest absolute Gasteiger partial charge is 0.329 e. The molecule has 1 heterocycles. The van der Waals surface area contributed by atoms with Crippen LogP contribution < -0.4 is 11.1 Å². The number of nitrogens with one attached hydrogen (secondary N) is 1. The number of nitrogens with two attached hydrogens (primary N) is 1. The van der Waals surface area contributed by atoms with Gasteiger partial charge in [-0.05, 0) is 37.1 Å². The number of anilines is 1. The highest BCUT2D eigenvalue weighted by Crippen LogP contribution is 2.15. The van der Waals surface area contributed by atoms with E-state index in [0.29, 0.717) is 6.54 Å². The average molecular weight is 276 g/mol. The van der Waals surface area contributed by atoms with Gasteiger partial charge in [0.15, 0.2) is 0 Å². The van der Waals surface area contributed by atoms with Gasteiger partial charge in [0.2, 0.25) is 0 Å². The molecular weight excluding hydrogens is 252 g/mol. The van der Waals surface area contributed by atoms with E-state index in [1.165, 1.54) is 11.1 Å². The molecule has 0 aromatic heterocycles. The Morgan fingerprint density at radius 2 is 1.90 bits per heavy atom. The van der Waals surface area contributed by atoms with Crippen molar-refractivity contribution in [2.24, 2.45) is 5.73 Å². The molecule has 5 nitrogen and oxygen atoms in total. The van der Waals surface area contributed by atoms with Gasteiger partial charge in [0.25, 0.3) is 0 Å². The van der Waals surface area contributed by atoms with Crippen LogP contribution in [-0.4, -0.2) is 55.1 Å². The zero-order valence-corrected chi connectivity index (χ0v) is 12.4. The second kappa shape index (κ2) is 6.72. The van der Waals surface area contributed by atoms with Crippen LogP contribution >= 0.6 is 0 Å². The fraction of sp³-hybridized carbons (Fsp3) is 0.533. The van der Waals surface area contributed by atoms with Crippen molar-refractivity contribution in [3.8, 4) is 0 Å². The molecule has 1 fully saturated rings. The van der Waals surface area contributed by atoms with Gasteiger partial charge in [-0.25, -0.2) is 4.79 Å². The highest BCUT2D eigenvalue weighted by molar-refractivity contribution is 5.89. The normalized spacial score (nSPS) is 16.2. The lowest BCUT2D eigenvalue weighted by molar-refractivity contribution is 0.149. The highest BCUT2D eigenvalue weighted by Gasteiger charge is 2.20. The van der Waals surface area contributed by atoms with E-state index in [1.54, 1.807) is 0 Å². The average Bonchev–Trinajstić information content (AvgIpc) is 2.44. The topological polar surface area (TPSA) is 61.6 Å². The van der Waals surface area contributed by atoms with Crippen LogP contribution in [0.2, 0.25) is 0 Å². The molecule has 5 heteroatoms. The lowest BCUT2D eigenvalue weighted by atomic mass is 10.1. The molecule has 110 valence electrons. The van der Waals surface area contributed by atoms with E-state index in [2.05, 4.69) is 24.1 Å². The molecule has 2 amide bonds. The molecule has 0 saturated carbocycles. The van der Waals surface area contributed by atoms with E-state index >= 15 is 0 Å². The molecule has 0 unspecified atom stereocenters. The van der Waals surface area contributed by atoms with Gasteiger partial charge < -0.3 is 16.0 Å². The minimum absolute atomic E-state index is 0.0133. The van der Waals surface area contributed by atoms with Crippen molar-refractivity contribution < 1.29 is 4.79 Å². The van der Waals surface area contributed by atoms with E-state index in [0.717, 1.165) is 38.4 Å². The zero-order valence-electron chi connectivity index (χ0n) is 12.4. The molecule has 0 radical (unpaired) electrons. The first-order valence-corrected chi connectivity index (χ1v) is 7.16. The van der Waals surface area contributed by atoms with Gasteiger partial charge in [-0.1, -0.05) is 6.07 Å². The SMILES string of the molecule is Cc1ccc(NC(=O)N2CCN(CCN)CC2)cc1C. The molecule has 2 rings (SSSR count). The van der Waals surface area contributed by atoms with Crippen LogP contribution in [0, 0.1) is 13.8 Å². The molecule has 20 heavy (non-hydrogen) atoms. The number of amides is 2. The van der Waals surface area contributed by atoms with Crippen LogP contribution in [0.15, 0.2) is 18.2 Å². The maximum absolute atomic E-state index is 12.2. The monoisotopic (exact) mass is 276 g/mol. The van der Waals surface area contributed by atoms with Crippen molar-refractivity contribution in [1.29, 1.82) is 0 Å². The first-order chi connectivity index (χ1) is 9.60. The van der Waals surface area contributed by atoms with Crippen LogP contribution in [0.3, 0.4) is 0 Å². The lowest BCUT2D eigenvalue weighted by Crippen LogP contribution is -2.50. The van der Waals surface area contributed by atoms with Gasteiger partial charge in [-0.2, -0.15) is 0 Å². The van der Waals surface area contributed by atoms with Gasteiger partial charge in [-0.15, -0.1) is 0 Å². The summed E-state index contributed by atoms with van der Waals surface area (Å²) in [5.41, 5.74) is 8.84. The lowest BCUT2D eigenvalue weighted by Gasteiger charge is -2.34. The first kappa shape index (κ1) is 14.8. The molecule has 1 saturated heterocycles. The molecular formula is C15H24N4O. The second-order valence-electron chi connectivity index (χ2n) is 5.35. The van der Waals surface area contributed by atoms with E-state index in [4.69, 9.17) is 5.73 Å². The fourth-order valence-electron chi connectivity index (χ4n) is 2.38. The number of hydrogen-bond acceptors (Lipinski definition) is 3. The number of rotatable bonds is 3. The molecule has 0 aliphatic carbocycles. The summed E-state index contributed by atoms with van der Waals surface area (Å²) in [4.78, 5) is 16.4. The summed E-state index contributed by atoms with van der Waals surface area (Å²) in [6.07, 6.45) is 0. The van der Waals surface area contributed by atoms with Crippen molar-refractivity contribution in [1.82, 2.24) is 9.80 Å². The highest BCUT2D eigenvalue weighted by atomic mass is 16.2. The predicted octanol–water partition coefficient (Wildman–Crippen LogP) is 1.41. The second-order valence-corrected chi connectivity index (χ2v) is 5.35. The number of aryl methyl sites for hydroxylation is 2. The van der Waals surface area contributed by atoms with Crippen LogP contribution in [0.5, 0.6) is 0 Å². The van der Waals surface area contributed by atoms with E-state index in [1.807, 2.05) is 23.1 Å². The smallest absolute Gasteiger partial charge is 0.321 e. The van der Waals surface area contributed by atoms with Crippen molar-refractivity contribution in [3.63, 3.8) is 0 Å². The van der Waals surface area contributed by atoms with Gasteiger partial charge in [0.1, 0.15) is 0 Å².